The van der Waals surface area contributed by atoms with Gasteiger partial charge < -0.3 is 10.0 Å². The Balaban J connectivity index is 2.19. The van der Waals surface area contributed by atoms with Gasteiger partial charge in [0.25, 0.3) is 0 Å². The highest BCUT2D eigenvalue weighted by Crippen LogP contribution is 2.20. The highest BCUT2D eigenvalue weighted by atomic mass is 35.5. The number of aliphatic hydroxyl groups is 1. The predicted molar refractivity (Wildman–Crippen MR) is 56.3 cm³/mol. The number of piperidine rings is 1. The van der Waals surface area contributed by atoms with E-state index in [0.717, 1.165) is 51.2 Å². The van der Waals surface area contributed by atoms with E-state index in [1.807, 2.05) is 6.92 Å². The first kappa shape index (κ1) is 11.3. The largest absolute Gasteiger partial charge is 0.389 e. The van der Waals surface area contributed by atoms with E-state index >= 15 is 0 Å². The van der Waals surface area contributed by atoms with Crippen molar-refractivity contribution in [3.05, 3.63) is 0 Å². The maximum atomic E-state index is 9.83. The lowest BCUT2D eigenvalue weighted by atomic mass is 9.95. The fourth-order valence-corrected chi connectivity index (χ4v) is 2.13. The van der Waals surface area contributed by atoms with Crippen LogP contribution in [0.5, 0.6) is 0 Å². The van der Waals surface area contributed by atoms with Crippen molar-refractivity contribution in [2.45, 2.75) is 38.2 Å². The predicted octanol–water partition coefficient (Wildman–Crippen LogP) is 1.85. The van der Waals surface area contributed by atoms with Gasteiger partial charge in [-0.05, 0) is 45.7 Å². The van der Waals surface area contributed by atoms with Crippen LogP contribution in [0.4, 0.5) is 0 Å². The molecule has 1 heterocycles. The molecule has 0 aromatic heterocycles. The molecular formula is C10H20ClNO. The van der Waals surface area contributed by atoms with Crippen molar-refractivity contribution >= 4 is 11.6 Å². The van der Waals surface area contributed by atoms with Gasteiger partial charge in [-0.1, -0.05) is 0 Å². The number of likely N-dealkylation sites (tertiary alicyclic amines) is 1. The van der Waals surface area contributed by atoms with Crippen molar-refractivity contribution in [1.82, 2.24) is 4.90 Å². The van der Waals surface area contributed by atoms with Crippen LogP contribution in [0.15, 0.2) is 0 Å². The van der Waals surface area contributed by atoms with Crippen molar-refractivity contribution in [1.29, 1.82) is 0 Å². The Hall–Kier alpha value is 0.210. The van der Waals surface area contributed by atoms with E-state index in [9.17, 15) is 5.11 Å². The monoisotopic (exact) mass is 205 g/mol. The first-order chi connectivity index (χ1) is 6.14. The van der Waals surface area contributed by atoms with Crippen molar-refractivity contribution in [2.75, 3.05) is 25.5 Å². The molecule has 0 saturated carbocycles. The standard InChI is InChI=1S/C10H20ClNO/c1-10(13)5-4-8-12(9-10)7-3-2-6-11/h13H,2-9H2,1H3. The molecular weight excluding hydrogens is 186 g/mol. The summed E-state index contributed by atoms with van der Waals surface area (Å²) in [5, 5.41) is 9.83. The molecule has 0 spiro atoms. The van der Waals surface area contributed by atoms with E-state index in [4.69, 9.17) is 11.6 Å². The van der Waals surface area contributed by atoms with Gasteiger partial charge in [0, 0.05) is 12.4 Å². The van der Waals surface area contributed by atoms with Gasteiger partial charge in [0.1, 0.15) is 0 Å². The number of β-amino-alcohol motifs (C(OH)–C–C–N with tert-alkyl or cyclic N) is 1. The second-order valence-electron chi connectivity index (χ2n) is 4.27. The maximum absolute atomic E-state index is 9.83. The quantitative estimate of drug-likeness (QED) is 0.560. The molecule has 1 saturated heterocycles. The molecule has 0 aromatic rings. The van der Waals surface area contributed by atoms with Crippen LogP contribution in [-0.4, -0.2) is 41.1 Å². The van der Waals surface area contributed by atoms with Gasteiger partial charge in [0.15, 0.2) is 0 Å². The number of nitrogens with zero attached hydrogens (tertiary/aromatic N) is 1. The zero-order chi connectivity index (χ0) is 9.73. The van der Waals surface area contributed by atoms with Crippen LogP contribution in [0.3, 0.4) is 0 Å². The van der Waals surface area contributed by atoms with E-state index in [2.05, 4.69) is 4.90 Å². The molecule has 1 atom stereocenters. The minimum absolute atomic E-state index is 0.459. The zero-order valence-electron chi connectivity index (χ0n) is 8.43. The molecule has 1 rings (SSSR count). The van der Waals surface area contributed by atoms with E-state index in [1.54, 1.807) is 0 Å². The molecule has 13 heavy (non-hydrogen) atoms. The zero-order valence-corrected chi connectivity index (χ0v) is 9.19. The van der Waals surface area contributed by atoms with Gasteiger partial charge in [-0.15, -0.1) is 11.6 Å². The van der Waals surface area contributed by atoms with Gasteiger partial charge in [-0.2, -0.15) is 0 Å². The molecule has 2 nitrogen and oxygen atoms in total. The maximum Gasteiger partial charge on any atom is 0.0746 e. The van der Waals surface area contributed by atoms with Crippen molar-refractivity contribution in [3.63, 3.8) is 0 Å². The topological polar surface area (TPSA) is 23.5 Å². The summed E-state index contributed by atoms with van der Waals surface area (Å²) in [4.78, 5) is 2.34. The number of hydrogen-bond donors (Lipinski definition) is 1. The number of unbranched alkanes of at least 4 members (excludes halogenated alkanes) is 1. The minimum Gasteiger partial charge on any atom is -0.389 e. The van der Waals surface area contributed by atoms with Crippen LogP contribution in [-0.2, 0) is 0 Å². The summed E-state index contributed by atoms with van der Waals surface area (Å²) in [5.41, 5.74) is -0.459. The molecule has 1 fully saturated rings. The van der Waals surface area contributed by atoms with Gasteiger partial charge >= 0.3 is 0 Å². The summed E-state index contributed by atoms with van der Waals surface area (Å²) in [6, 6.07) is 0. The SMILES string of the molecule is CC1(O)CCCN(CCCCCl)C1. The van der Waals surface area contributed by atoms with Crippen LogP contribution in [0.2, 0.25) is 0 Å². The van der Waals surface area contributed by atoms with E-state index < -0.39 is 5.60 Å². The molecule has 1 aliphatic rings. The smallest absolute Gasteiger partial charge is 0.0746 e. The number of hydrogen-bond acceptors (Lipinski definition) is 2. The number of alkyl halides is 1. The first-order valence-electron chi connectivity index (χ1n) is 5.15. The van der Waals surface area contributed by atoms with Crippen molar-refractivity contribution < 1.29 is 5.11 Å². The Kier molecular flexibility index (Phi) is 4.50. The Bertz CT molecular complexity index is 150. The Morgan fingerprint density at radius 1 is 1.46 bits per heavy atom. The minimum atomic E-state index is -0.459. The summed E-state index contributed by atoms with van der Waals surface area (Å²) < 4.78 is 0. The lowest BCUT2D eigenvalue weighted by Crippen LogP contribution is -2.46. The molecule has 0 aliphatic carbocycles. The Morgan fingerprint density at radius 2 is 2.23 bits per heavy atom. The molecule has 1 unspecified atom stereocenters. The third-order valence-corrected chi connectivity index (χ3v) is 2.88. The summed E-state index contributed by atoms with van der Waals surface area (Å²) in [7, 11) is 0. The third-order valence-electron chi connectivity index (χ3n) is 2.61. The van der Waals surface area contributed by atoms with Crippen LogP contribution < -0.4 is 0 Å². The lowest BCUT2D eigenvalue weighted by Gasteiger charge is -2.36. The summed E-state index contributed by atoms with van der Waals surface area (Å²) in [5.74, 6) is 0.754. The average molecular weight is 206 g/mol. The lowest BCUT2D eigenvalue weighted by molar-refractivity contribution is -0.0156. The average Bonchev–Trinajstić information content (AvgIpc) is 2.03. The molecule has 3 heteroatoms. The van der Waals surface area contributed by atoms with Gasteiger partial charge in [-0.25, -0.2) is 0 Å². The molecule has 0 aromatic carbocycles. The molecule has 0 radical (unpaired) electrons. The molecule has 0 bridgehead atoms. The molecule has 1 N–H and O–H groups in total. The Morgan fingerprint density at radius 3 is 2.85 bits per heavy atom. The normalized spacial score (nSPS) is 30.7. The molecule has 1 aliphatic heterocycles. The van der Waals surface area contributed by atoms with Crippen molar-refractivity contribution in [2.24, 2.45) is 0 Å². The number of rotatable bonds is 4. The van der Waals surface area contributed by atoms with Crippen LogP contribution in [0, 0.1) is 0 Å². The summed E-state index contributed by atoms with van der Waals surface area (Å²) in [6.45, 7) is 4.98. The first-order valence-corrected chi connectivity index (χ1v) is 5.68. The van der Waals surface area contributed by atoms with Gasteiger partial charge in [-0.3, -0.25) is 0 Å². The fourth-order valence-electron chi connectivity index (χ4n) is 1.94. The fraction of sp³-hybridized carbons (Fsp3) is 1.00. The van der Waals surface area contributed by atoms with E-state index in [-0.39, 0.29) is 0 Å². The molecule has 0 amide bonds. The van der Waals surface area contributed by atoms with Gasteiger partial charge in [0.2, 0.25) is 0 Å². The third kappa shape index (κ3) is 4.30. The second kappa shape index (κ2) is 5.18. The van der Waals surface area contributed by atoms with E-state index in [0.29, 0.717) is 0 Å². The number of halogens is 1. The van der Waals surface area contributed by atoms with Crippen LogP contribution >= 0.6 is 11.6 Å². The van der Waals surface area contributed by atoms with Crippen molar-refractivity contribution in [3.8, 4) is 0 Å². The van der Waals surface area contributed by atoms with Crippen LogP contribution in [0.25, 0.3) is 0 Å². The summed E-state index contributed by atoms with van der Waals surface area (Å²) >= 11 is 5.61. The van der Waals surface area contributed by atoms with Gasteiger partial charge in [0.05, 0.1) is 5.60 Å². The van der Waals surface area contributed by atoms with Crippen LogP contribution in [0.1, 0.15) is 32.6 Å². The molecule has 78 valence electrons. The highest BCUT2D eigenvalue weighted by molar-refractivity contribution is 6.17. The Labute approximate surface area is 85.9 Å². The summed E-state index contributed by atoms with van der Waals surface area (Å²) in [6.07, 6.45) is 4.30. The second-order valence-corrected chi connectivity index (χ2v) is 4.65. The highest BCUT2D eigenvalue weighted by Gasteiger charge is 2.27. The van der Waals surface area contributed by atoms with E-state index in [1.165, 1.54) is 0 Å².